The molecule has 1 aromatic heterocycles. The van der Waals surface area contributed by atoms with Crippen LogP contribution in [0.1, 0.15) is 37.4 Å². The van der Waals surface area contributed by atoms with E-state index in [9.17, 15) is 9.59 Å². The van der Waals surface area contributed by atoms with Gasteiger partial charge in [0.05, 0.1) is 17.5 Å². The van der Waals surface area contributed by atoms with Gasteiger partial charge < -0.3 is 10.4 Å². The first-order valence-electron chi connectivity index (χ1n) is 7.04. The fourth-order valence-electron chi connectivity index (χ4n) is 2.91. The summed E-state index contributed by atoms with van der Waals surface area (Å²) in [5.41, 5.74) is 1.96. The summed E-state index contributed by atoms with van der Waals surface area (Å²) in [6.07, 6.45) is 4.77. The number of carbonyl (C=O) groups is 2. The number of aromatic nitrogens is 2. The predicted molar refractivity (Wildman–Crippen MR) is 72.9 cm³/mol. The SMILES string of the molecule is CCc1nn(C)cc1CNC(=O)C1CCCC1C(=O)O. The summed E-state index contributed by atoms with van der Waals surface area (Å²) in [6.45, 7) is 2.43. The van der Waals surface area contributed by atoms with Crippen molar-refractivity contribution in [1.29, 1.82) is 0 Å². The molecule has 1 aromatic rings. The van der Waals surface area contributed by atoms with Crippen LogP contribution in [0.3, 0.4) is 0 Å². The summed E-state index contributed by atoms with van der Waals surface area (Å²) < 4.78 is 1.73. The molecule has 2 atom stereocenters. The Morgan fingerprint density at radius 2 is 2.15 bits per heavy atom. The van der Waals surface area contributed by atoms with Gasteiger partial charge in [0.2, 0.25) is 5.91 Å². The second-order valence-electron chi connectivity index (χ2n) is 5.33. The smallest absolute Gasteiger partial charge is 0.307 e. The monoisotopic (exact) mass is 279 g/mol. The zero-order valence-electron chi connectivity index (χ0n) is 11.9. The van der Waals surface area contributed by atoms with E-state index >= 15 is 0 Å². The van der Waals surface area contributed by atoms with E-state index in [1.54, 1.807) is 4.68 Å². The van der Waals surface area contributed by atoms with Gasteiger partial charge in [-0.05, 0) is 19.3 Å². The Hall–Kier alpha value is -1.85. The van der Waals surface area contributed by atoms with Gasteiger partial charge in [0.1, 0.15) is 0 Å². The van der Waals surface area contributed by atoms with Gasteiger partial charge >= 0.3 is 5.97 Å². The molecule has 0 radical (unpaired) electrons. The molecular weight excluding hydrogens is 258 g/mol. The Kier molecular flexibility index (Phi) is 4.42. The molecule has 2 unspecified atom stereocenters. The molecule has 6 nitrogen and oxygen atoms in total. The molecule has 0 aliphatic heterocycles. The molecule has 6 heteroatoms. The van der Waals surface area contributed by atoms with E-state index in [-0.39, 0.29) is 5.91 Å². The van der Waals surface area contributed by atoms with E-state index in [0.29, 0.717) is 19.4 Å². The normalized spacial score (nSPS) is 21.9. The number of carbonyl (C=O) groups excluding carboxylic acids is 1. The van der Waals surface area contributed by atoms with Crippen molar-refractivity contribution in [1.82, 2.24) is 15.1 Å². The number of aliphatic carboxylic acids is 1. The van der Waals surface area contributed by atoms with Gasteiger partial charge in [0, 0.05) is 25.4 Å². The van der Waals surface area contributed by atoms with Crippen LogP contribution in [-0.4, -0.2) is 26.8 Å². The van der Waals surface area contributed by atoms with E-state index in [2.05, 4.69) is 10.4 Å². The number of hydrogen-bond donors (Lipinski definition) is 2. The number of rotatable bonds is 5. The summed E-state index contributed by atoms with van der Waals surface area (Å²) >= 11 is 0. The van der Waals surface area contributed by atoms with Crippen molar-refractivity contribution in [3.8, 4) is 0 Å². The van der Waals surface area contributed by atoms with Gasteiger partial charge in [-0.2, -0.15) is 5.10 Å². The van der Waals surface area contributed by atoms with Gasteiger partial charge in [-0.15, -0.1) is 0 Å². The molecule has 1 saturated carbocycles. The zero-order chi connectivity index (χ0) is 14.7. The van der Waals surface area contributed by atoms with Gasteiger partial charge in [-0.3, -0.25) is 14.3 Å². The van der Waals surface area contributed by atoms with E-state index < -0.39 is 17.8 Å². The van der Waals surface area contributed by atoms with Crippen LogP contribution in [-0.2, 0) is 29.6 Å². The lowest BCUT2D eigenvalue weighted by Crippen LogP contribution is -2.35. The highest BCUT2D eigenvalue weighted by Gasteiger charge is 2.37. The summed E-state index contributed by atoms with van der Waals surface area (Å²) in [6, 6.07) is 0. The maximum atomic E-state index is 12.1. The zero-order valence-corrected chi connectivity index (χ0v) is 11.9. The molecule has 1 amide bonds. The summed E-state index contributed by atoms with van der Waals surface area (Å²) in [4.78, 5) is 23.2. The third-order valence-corrected chi connectivity index (χ3v) is 3.95. The van der Waals surface area contributed by atoms with E-state index in [4.69, 9.17) is 5.11 Å². The Morgan fingerprint density at radius 3 is 2.80 bits per heavy atom. The second-order valence-corrected chi connectivity index (χ2v) is 5.33. The molecule has 0 aromatic carbocycles. The third-order valence-electron chi connectivity index (χ3n) is 3.95. The summed E-state index contributed by atoms with van der Waals surface area (Å²) in [5, 5.41) is 16.3. The fraction of sp³-hybridized carbons (Fsp3) is 0.643. The van der Waals surface area contributed by atoms with Crippen LogP contribution in [0.4, 0.5) is 0 Å². The van der Waals surface area contributed by atoms with Crippen LogP contribution in [0.15, 0.2) is 6.20 Å². The van der Waals surface area contributed by atoms with Crippen LogP contribution < -0.4 is 5.32 Å². The Labute approximate surface area is 118 Å². The van der Waals surface area contributed by atoms with Crippen molar-refractivity contribution >= 4 is 11.9 Å². The van der Waals surface area contributed by atoms with Gasteiger partial charge in [0.15, 0.2) is 0 Å². The Balaban J connectivity index is 1.96. The van der Waals surface area contributed by atoms with Gasteiger partial charge in [-0.25, -0.2) is 0 Å². The first-order chi connectivity index (χ1) is 9.52. The van der Waals surface area contributed by atoms with E-state index in [1.807, 2.05) is 20.2 Å². The van der Waals surface area contributed by atoms with Crippen LogP contribution in [0.2, 0.25) is 0 Å². The summed E-state index contributed by atoms with van der Waals surface area (Å²) in [7, 11) is 1.85. The molecule has 110 valence electrons. The average Bonchev–Trinajstić information content (AvgIpc) is 3.01. The highest BCUT2D eigenvalue weighted by molar-refractivity contribution is 5.85. The van der Waals surface area contributed by atoms with Gasteiger partial charge in [-0.1, -0.05) is 13.3 Å². The largest absolute Gasteiger partial charge is 0.481 e. The minimum atomic E-state index is -0.863. The Morgan fingerprint density at radius 1 is 1.45 bits per heavy atom. The van der Waals surface area contributed by atoms with Crippen molar-refractivity contribution in [2.75, 3.05) is 0 Å². The highest BCUT2D eigenvalue weighted by atomic mass is 16.4. The lowest BCUT2D eigenvalue weighted by molar-refractivity contribution is -0.146. The van der Waals surface area contributed by atoms with Crippen LogP contribution in [0.25, 0.3) is 0 Å². The van der Waals surface area contributed by atoms with Crippen LogP contribution in [0, 0.1) is 11.8 Å². The van der Waals surface area contributed by atoms with E-state index in [1.165, 1.54) is 0 Å². The molecule has 0 bridgehead atoms. The molecule has 0 saturated heterocycles. The quantitative estimate of drug-likeness (QED) is 0.845. The number of aryl methyl sites for hydroxylation is 2. The number of nitrogens with zero attached hydrogens (tertiary/aromatic N) is 2. The minimum Gasteiger partial charge on any atom is -0.481 e. The number of nitrogens with one attached hydrogen (secondary N) is 1. The Bertz CT molecular complexity index is 510. The molecule has 1 fully saturated rings. The van der Waals surface area contributed by atoms with Crippen molar-refractivity contribution in [3.05, 3.63) is 17.5 Å². The lowest BCUT2D eigenvalue weighted by Gasteiger charge is -2.15. The molecule has 1 heterocycles. The number of carboxylic acids is 1. The van der Waals surface area contributed by atoms with Crippen LogP contribution >= 0.6 is 0 Å². The fourth-order valence-corrected chi connectivity index (χ4v) is 2.91. The molecule has 1 aliphatic carbocycles. The van der Waals surface area contributed by atoms with Crippen molar-refractivity contribution in [2.45, 2.75) is 39.2 Å². The second kappa shape index (κ2) is 6.07. The van der Waals surface area contributed by atoms with Crippen molar-refractivity contribution in [2.24, 2.45) is 18.9 Å². The topological polar surface area (TPSA) is 84.2 Å². The molecule has 2 N–H and O–H groups in total. The lowest BCUT2D eigenvalue weighted by atomic mass is 9.95. The molecule has 2 rings (SSSR count). The number of carboxylic acid groups (broad SMARTS) is 1. The molecule has 20 heavy (non-hydrogen) atoms. The molecule has 1 aliphatic rings. The average molecular weight is 279 g/mol. The molecular formula is C14H21N3O3. The first kappa shape index (κ1) is 14.6. The maximum absolute atomic E-state index is 12.1. The van der Waals surface area contributed by atoms with Crippen molar-refractivity contribution < 1.29 is 14.7 Å². The van der Waals surface area contributed by atoms with Crippen LogP contribution in [0.5, 0.6) is 0 Å². The maximum Gasteiger partial charge on any atom is 0.307 e. The molecule has 0 spiro atoms. The standard InChI is InChI=1S/C14H21N3O3/c1-3-12-9(8-17(2)16-12)7-15-13(18)10-5-4-6-11(10)14(19)20/h8,10-11H,3-7H2,1-2H3,(H,15,18)(H,19,20). The minimum absolute atomic E-state index is 0.152. The van der Waals surface area contributed by atoms with Gasteiger partial charge in [0.25, 0.3) is 0 Å². The van der Waals surface area contributed by atoms with Crippen molar-refractivity contribution in [3.63, 3.8) is 0 Å². The predicted octanol–water partition coefficient (Wildman–Crippen LogP) is 1.10. The number of hydrogen-bond acceptors (Lipinski definition) is 3. The number of amides is 1. The van der Waals surface area contributed by atoms with E-state index in [0.717, 1.165) is 24.1 Å². The summed E-state index contributed by atoms with van der Waals surface area (Å²) in [5.74, 6) is -1.94. The first-order valence-corrected chi connectivity index (χ1v) is 7.04. The third kappa shape index (κ3) is 3.00. The highest BCUT2D eigenvalue weighted by Crippen LogP contribution is 2.32.